The van der Waals surface area contributed by atoms with Gasteiger partial charge in [-0.1, -0.05) is 0 Å². The van der Waals surface area contributed by atoms with Gasteiger partial charge in [0.25, 0.3) is 0 Å². The second kappa shape index (κ2) is 6.04. The summed E-state index contributed by atoms with van der Waals surface area (Å²) in [5.74, 6) is -0.664. The van der Waals surface area contributed by atoms with Crippen LogP contribution in [0, 0.1) is 11.8 Å². The summed E-state index contributed by atoms with van der Waals surface area (Å²) < 4.78 is 5.27. The van der Waals surface area contributed by atoms with Gasteiger partial charge < -0.3 is 20.1 Å². The summed E-state index contributed by atoms with van der Waals surface area (Å²) in [5.41, 5.74) is 0. The van der Waals surface area contributed by atoms with Gasteiger partial charge in [-0.15, -0.1) is 0 Å². The fourth-order valence-corrected chi connectivity index (χ4v) is 2.45. The van der Waals surface area contributed by atoms with Crippen molar-refractivity contribution < 1.29 is 19.4 Å². The number of aliphatic carboxylic acids is 1. The summed E-state index contributed by atoms with van der Waals surface area (Å²) in [5, 5.41) is 11.7. The lowest BCUT2D eigenvalue weighted by molar-refractivity contribution is -0.141. The lowest BCUT2D eigenvalue weighted by Crippen LogP contribution is -2.39. The summed E-state index contributed by atoms with van der Waals surface area (Å²) >= 11 is 0. The molecule has 2 fully saturated rings. The molecule has 0 aromatic carbocycles. The Morgan fingerprint density at radius 3 is 2.83 bits per heavy atom. The minimum atomic E-state index is -0.812. The second-order valence-electron chi connectivity index (χ2n) is 5.02. The summed E-state index contributed by atoms with van der Waals surface area (Å²) in [6.45, 7) is 3.12. The number of nitrogens with one attached hydrogen (secondary N) is 1. The fraction of sp³-hybridized carbons (Fsp3) is 0.833. The van der Waals surface area contributed by atoms with E-state index in [1.54, 1.807) is 4.90 Å². The van der Waals surface area contributed by atoms with Gasteiger partial charge in [0.05, 0.1) is 5.92 Å². The van der Waals surface area contributed by atoms with Gasteiger partial charge in [0, 0.05) is 32.8 Å². The number of likely N-dealkylation sites (tertiary alicyclic amines) is 1. The number of ether oxygens (including phenoxy) is 1. The number of carboxylic acid groups (broad SMARTS) is 1. The zero-order valence-corrected chi connectivity index (χ0v) is 10.4. The Morgan fingerprint density at radius 1 is 1.39 bits per heavy atom. The molecule has 2 amide bonds. The van der Waals surface area contributed by atoms with E-state index in [1.165, 1.54) is 0 Å². The minimum Gasteiger partial charge on any atom is -0.481 e. The standard InChI is InChI=1S/C12H20N2O4/c15-11(16)10-2-5-14(7-10)12(17)13-4-1-9-3-6-18-8-9/h9-10H,1-8H2,(H,13,17)(H,15,16). The molecule has 0 aliphatic carbocycles. The Labute approximate surface area is 106 Å². The average Bonchev–Trinajstić information content (AvgIpc) is 2.99. The molecule has 2 heterocycles. The van der Waals surface area contributed by atoms with Crippen molar-refractivity contribution in [1.82, 2.24) is 10.2 Å². The Morgan fingerprint density at radius 2 is 2.22 bits per heavy atom. The van der Waals surface area contributed by atoms with E-state index in [9.17, 15) is 9.59 Å². The first-order valence-electron chi connectivity index (χ1n) is 6.50. The summed E-state index contributed by atoms with van der Waals surface area (Å²) in [6, 6.07) is -0.141. The molecule has 2 unspecified atom stereocenters. The van der Waals surface area contributed by atoms with Crippen molar-refractivity contribution in [1.29, 1.82) is 0 Å². The van der Waals surface area contributed by atoms with E-state index in [0.717, 1.165) is 26.1 Å². The van der Waals surface area contributed by atoms with Crippen molar-refractivity contribution in [2.45, 2.75) is 19.3 Å². The quantitative estimate of drug-likeness (QED) is 0.769. The third-order valence-electron chi connectivity index (χ3n) is 3.68. The highest BCUT2D eigenvalue weighted by molar-refractivity contribution is 5.77. The van der Waals surface area contributed by atoms with Crippen molar-refractivity contribution in [3.63, 3.8) is 0 Å². The van der Waals surface area contributed by atoms with Crippen LogP contribution in [-0.2, 0) is 9.53 Å². The van der Waals surface area contributed by atoms with Gasteiger partial charge in [0.2, 0.25) is 0 Å². The SMILES string of the molecule is O=C(O)C1CCN(C(=O)NCCC2CCOC2)C1. The van der Waals surface area contributed by atoms with Crippen molar-refractivity contribution in [2.24, 2.45) is 11.8 Å². The number of urea groups is 1. The molecule has 2 N–H and O–H groups in total. The molecule has 18 heavy (non-hydrogen) atoms. The highest BCUT2D eigenvalue weighted by Crippen LogP contribution is 2.17. The number of carbonyl (C=O) groups excluding carboxylic acids is 1. The van der Waals surface area contributed by atoms with Crippen LogP contribution >= 0.6 is 0 Å². The summed E-state index contributed by atoms with van der Waals surface area (Å²) in [7, 11) is 0. The van der Waals surface area contributed by atoms with E-state index in [1.807, 2.05) is 0 Å². The largest absolute Gasteiger partial charge is 0.481 e. The van der Waals surface area contributed by atoms with Crippen LogP contribution in [0.15, 0.2) is 0 Å². The van der Waals surface area contributed by atoms with Crippen molar-refractivity contribution in [2.75, 3.05) is 32.8 Å². The molecule has 0 spiro atoms. The average molecular weight is 256 g/mol. The van der Waals surface area contributed by atoms with Gasteiger partial charge in [-0.2, -0.15) is 0 Å². The smallest absolute Gasteiger partial charge is 0.317 e. The number of carboxylic acids is 1. The van der Waals surface area contributed by atoms with Crippen LogP contribution in [-0.4, -0.2) is 54.9 Å². The van der Waals surface area contributed by atoms with E-state index >= 15 is 0 Å². The maximum Gasteiger partial charge on any atom is 0.317 e. The van der Waals surface area contributed by atoms with Crippen LogP contribution in [0.5, 0.6) is 0 Å². The molecule has 0 aromatic heterocycles. The third kappa shape index (κ3) is 3.35. The molecule has 0 radical (unpaired) electrons. The molecule has 2 saturated heterocycles. The zero-order chi connectivity index (χ0) is 13.0. The molecule has 0 saturated carbocycles. The maximum absolute atomic E-state index is 11.8. The summed E-state index contributed by atoms with van der Waals surface area (Å²) in [6.07, 6.45) is 2.56. The van der Waals surface area contributed by atoms with E-state index < -0.39 is 11.9 Å². The Hall–Kier alpha value is -1.30. The molecular formula is C12H20N2O4. The topological polar surface area (TPSA) is 78.9 Å². The van der Waals surface area contributed by atoms with Crippen LogP contribution in [0.1, 0.15) is 19.3 Å². The third-order valence-corrected chi connectivity index (χ3v) is 3.68. The molecule has 2 rings (SSSR count). The van der Waals surface area contributed by atoms with Crippen LogP contribution in [0.3, 0.4) is 0 Å². The molecular weight excluding hydrogens is 236 g/mol. The van der Waals surface area contributed by atoms with Gasteiger partial charge in [-0.3, -0.25) is 4.79 Å². The predicted octanol–water partition coefficient (Wildman–Crippen LogP) is 0.529. The maximum atomic E-state index is 11.8. The second-order valence-corrected chi connectivity index (χ2v) is 5.02. The van der Waals surface area contributed by atoms with E-state index in [2.05, 4.69) is 5.32 Å². The zero-order valence-electron chi connectivity index (χ0n) is 10.4. The first-order chi connectivity index (χ1) is 8.66. The number of carbonyl (C=O) groups is 2. The number of amides is 2. The van der Waals surface area contributed by atoms with Gasteiger partial charge in [0.15, 0.2) is 0 Å². The minimum absolute atomic E-state index is 0.141. The predicted molar refractivity (Wildman–Crippen MR) is 64.3 cm³/mol. The lowest BCUT2D eigenvalue weighted by atomic mass is 10.1. The molecule has 6 nitrogen and oxygen atoms in total. The number of hydrogen-bond acceptors (Lipinski definition) is 3. The molecule has 0 aromatic rings. The van der Waals surface area contributed by atoms with Crippen LogP contribution in [0.25, 0.3) is 0 Å². The van der Waals surface area contributed by atoms with Crippen molar-refractivity contribution >= 4 is 12.0 Å². The Bertz CT molecular complexity index is 315. The number of rotatable bonds is 4. The van der Waals surface area contributed by atoms with Crippen molar-refractivity contribution in [3.8, 4) is 0 Å². The highest BCUT2D eigenvalue weighted by atomic mass is 16.5. The molecule has 2 aliphatic rings. The molecule has 102 valence electrons. The first kappa shape index (κ1) is 13.1. The normalized spacial score (nSPS) is 27.4. The number of nitrogens with zero attached hydrogens (tertiary/aromatic N) is 1. The Balaban J connectivity index is 1.64. The highest BCUT2D eigenvalue weighted by Gasteiger charge is 2.30. The molecule has 2 atom stereocenters. The Kier molecular flexibility index (Phi) is 4.41. The molecule has 2 aliphatic heterocycles. The van der Waals surface area contributed by atoms with E-state index in [0.29, 0.717) is 32.0 Å². The summed E-state index contributed by atoms with van der Waals surface area (Å²) in [4.78, 5) is 24.2. The van der Waals surface area contributed by atoms with Crippen LogP contribution in [0.2, 0.25) is 0 Å². The van der Waals surface area contributed by atoms with Crippen LogP contribution in [0.4, 0.5) is 4.79 Å². The molecule has 0 bridgehead atoms. The first-order valence-corrected chi connectivity index (χ1v) is 6.50. The van der Waals surface area contributed by atoms with Gasteiger partial charge >= 0.3 is 12.0 Å². The van der Waals surface area contributed by atoms with Crippen molar-refractivity contribution in [3.05, 3.63) is 0 Å². The lowest BCUT2D eigenvalue weighted by Gasteiger charge is -2.17. The van der Waals surface area contributed by atoms with E-state index in [4.69, 9.17) is 9.84 Å². The fourth-order valence-electron chi connectivity index (χ4n) is 2.45. The molecule has 6 heteroatoms. The monoisotopic (exact) mass is 256 g/mol. The van der Waals surface area contributed by atoms with Gasteiger partial charge in [0.1, 0.15) is 0 Å². The van der Waals surface area contributed by atoms with Gasteiger partial charge in [-0.05, 0) is 25.2 Å². The number of hydrogen-bond donors (Lipinski definition) is 2. The van der Waals surface area contributed by atoms with Gasteiger partial charge in [-0.25, -0.2) is 4.79 Å². The van der Waals surface area contributed by atoms with E-state index in [-0.39, 0.29) is 6.03 Å². The van der Waals surface area contributed by atoms with Crippen LogP contribution < -0.4 is 5.32 Å².